The number of unbranched alkanes of at least 4 members (excludes halogenated alkanes) is 3. The van der Waals surface area contributed by atoms with Gasteiger partial charge < -0.3 is 25.0 Å². The van der Waals surface area contributed by atoms with Gasteiger partial charge in [0.1, 0.15) is 18.0 Å². The van der Waals surface area contributed by atoms with Crippen molar-refractivity contribution >= 4 is 23.8 Å². The molecule has 2 aliphatic rings. The van der Waals surface area contributed by atoms with Crippen LogP contribution in [0.1, 0.15) is 51.0 Å². The minimum Gasteiger partial charge on any atom is -0.497 e. The van der Waals surface area contributed by atoms with Crippen LogP contribution in [0, 0.1) is 0 Å². The normalized spacial score (nSPS) is 20.4. The van der Waals surface area contributed by atoms with Gasteiger partial charge >= 0.3 is 12.0 Å². The maximum Gasteiger partial charge on any atom is 0.334 e. The fourth-order valence-corrected chi connectivity index (χ4v) is 4.77. The van der Waals surface area contributed by atoms with Gasteiger partial charge in [-0.2, -0.15) is 0 Å². The molecule has 2 atom stereocenters. The van der Waals surface area contributed by atoms with E-state index in [-0.39, 0.29) is 44.3 Å². The van der Waals surface area contributed by atoms with Crippen molar-refractivity contribution in [3.8, 4) is 5.75 Å². The summed E-state index contributed by atoms with van der Waals surface area (Å²) >= 11 is 0. The molecule has 4 amide bonds. The van der Waals surface area contributed by atoms with E-state index in [1.807, 2.05) is 24.3 Å². The summed E-state index contributed by atoms with van der Waals surface area (Å²) in [6.07, 6.45) is 2.96. The summed E-state index contributed by atoms with van der Waals surface area (Å²) in [4.78, 5) is 54.1. The Morgan fingerprint density at radius 1 is 1.14 bits per heavy atom. The number of likely N-dealkylation sites (N-methyl/N-ethyl adjacent to an activating group) is 1. The molecule has 3 rings (SSSR count). The van der Waals surface area contributed by atoms with Crippen LogP contribution < -0.4 is 10.1 Å². The van der Waals surface area contributed by atoms with Gasteiger partial charge in [0.05, 0.1) is 20.2 Å². The summed E-state index contributed by atoms with van der Waals surface area (Å²) in [6, 6.07) is 6.02. The van der Waals surface area contributed by atoms with E-state index in [0.29, 0.717) is 12.3 Å². The molecule has 0 aromatic heterocycles. The summed E-state index contributed by atoms with van der Waals surface area (Å²) in [5.74, 6) is -0.861. The average Bonchev–Trinajstić information content (AvgIpc) is 2.85. The Bertz CT molecular complexity index is 939. The Morgan fingerprint density at radius 3 is 2.50 bits per heavy atom. The van der Waals surface area contributed by atoms with Crippen LogP contribution in [0.15, 0.2) is 24.3 Å². The lowest BCUT2D eigenvalue weighted by Crippen LogP contribution is -2.76. The number of methoxy groups -OCH3 is 1. The van der Waals surface area contributed by atoms with Crippen molar-refractivity contribution in [3.05, 3.63) is 29.8 Å². The third-order valence-electron chi connectivity index (χ3n) is 6.66. The van der Waals surface area contributed by atoms with E-state index in [1.54, 1.807) is 24.1 Å². The fraction of sp³-hybridized carbons (Fsp3) is 0.600. The van der Waals surface area contributed by atoms with Crippen molar-refractivity contribution in [3.63, 3.8) is 0 Å². The van der Waals surface area contributed by atoms with Crippen molar-refractivity contribution in [1.82, 2.24) is 25.1 Å². The molecule has 1 aromatic rings. The molecule has 2 fully saturated rings. The van der Waals surface area contributed by atoms with Crippen LogP contribution in [0.5, 0.6) is 5.75 Å². The predicted octanol–water partition coefficient (Wildman–Crippen LogP) is 1.88. The number of carbonyl (C=O) groups is 4. The molecule has 2 N–H and O–H groups in total. The zero-order valence-electron chi connectivity index (χ0n) is 21.3. The van der Waals surface area contributed by atoms with Gasteiger partial charge in [-0.15, -0.1) is 0 Å². The van der Waals surface area contributed by atoms with E-state index >= 15 is 0 Å². The zero-order chi connectivity index (χ0) is 26.2. The lowest BCUT2D eigenvalue weighted by Gasteiger charge is -2.54. The fourth-order valence-electron chi connectivity index (χ4n) is 4.77. The molecule has 2 aliphatic heterocycles. The summed E-state index contributed by atoms with van der Waals surface area (Å²) in [6.45, 7) is 2.99. The first-order valence-electron chi connectivity index (χ1n) is 12.5. The SMILES string of the molecule is CCCCCCN1C[C@H]2N(C(=O)CN(C)N2C(=O)NCc2ccc(OC)cc2)[C@@H](CCC(=O)O)C1=O. The van der Waals surface area contributed by atoms with Crippen LogP contribution in [-0.2, 0) is 20.9 Å². The number of fused-ring (bicyclic) bond motifs is 1. The van der Waals surface area contributed by atoms with Gasteiger partial charge in [0.15, 0.2) is 0 Å². The molecule has 0 aliphatic carbocycles. The van der Waals surface area contributed by atoms with Crippen molar-refractivity contribution in [1.29, 1.82) is 0 Å². The maximum atomic E-state index is 13.3. The first-order chi connectivity index (χ1) is 17.3. The van der Waals surface area contributed by atoms with E-state index in [2.05, 4.69) is 12.2 Å². The predicted molar refractivity (Wildman–Crippen MR) is 132 cm³/mol. The lowest BCUT2D eigenvalue weighted by atomic mass is 10.0. The Kier molecular flexibility index (Phi) is 9.51. The first-order valence-corrected chi connectivity index (χ1v) is 12.5. The second-order valence-electron chi connectivity index (χ2n) is 9.24. The van der Waals surface area contributed by atoms with Crippen LogP contribution >= 0.6 is 0 Å². The van der Waals surface area contributed by atoms with Gasteiger partial charge in [0.2, 0.25) is 11.8 Å². The number of piperazine rings is 1. The molecule has 11 nitrogen and oxygen atoms in total. The number of urea groups is 1. The minimum absolute atomic E-state index is 0.00683. The number of benzene rings is 1. The van der Waals surface area contributed by atoms with Gasteiger partial charge in [-0.1, -0.05) is 38.3 Å². The molecule has 36 heavy (non-hydrogen) atoms. The van der Waals surface area contributed by atoms with Crippen LogP contribution in [0.2, 0.25) is 0 Å². The maximum absolute atomic E-state index is 13.3. The highest BCUT2D eigenvalue weighted by Crippen LogP contribution is 2.28. The third-order valence-corrected chi connectivity index (χ3v) is 6.66. The Hall–Kier alpha value is -3.34. The number of nitrogens with one attached hydrogen (secondary N) is 1. The number of carboxylic acids is 1. The molecule has 2 saturated heterocycles. The number of hydrogen-bond donors (Lipinski definition) is 2. The van der Waals surface area contributed by atoms with Crippen molar-refractivity contribution in [2.75, 3.05) is 33.8 Å². The van der Waals surface area contributed by atoms with E-state index in [9.17, 15) is 24.3 Å². The molecular weight excluding hydrogens is 466 g/mol. The van der Waals surface area contributed by atoms with Crippen LogP contribution in [0.3, 0.4) is 0 Å². The number of nitrogens with zero attached hydrogens (tertiary/aromatic N) is 4. The summed E-state index contributed by atoms with van der Waals surface area (Å²) in [5, 5.41) is 15.2. The van der Waals surface area contributed by atoms with Gasteiger partial charge in [-0.05, 0) is 30.5 Å². The Labute approximate surface area is 211 Å². The highest BCUT2D eigenvalue weighted by atomic mass is 16.5. The van der Waals surface area contributed by atoms with Crippen molar-refractivity contribution < 1.29 is 29.0 Å². The molecule has 0 radical (unpaired) electrons. The molecule has 11 heteroatoms. The molecule has 2 heterocycles. The standard InChI is InChI=1S/C25H37N5O6/c1-4-5-6-7-14-28-16-21-29(20(24(28)34)12-13-23(32)33)22(31)17-27(2)30(21)25(35)26-15-18-8-10-19(36-3)11-9-18/h8-11,20-21H,4-7,12-17H2,1-3H3,(H,26,35)(H,32,33)/t20-,21-/m0/s1. The molecule has 1 aromatic carbocycles. The molecular formula is C25H37N5O6. The second-order valence-corrected chi connectivity index (χ2v) is 9.24. The highest BCUT2D eigenvalue weighted by Gasteiger charge is 2.50. The smallest absolute Gasteiger partial charge is 0.334 e. The number of ether oxygens (including phenoxy) is 1. The summed E-state index contributed by atoms with van der Waals surface area (Å²) in [5.41, 5.74) is 0.882. The van der Waals surface area contributed by atoms with E-state index in [0.717, 1.165) is 31.2 Å². The van der Waals surface area contributed by atoms with Crippen molar-refractivity contribution in [2.24, 2.45) is 0 Å². The van der Waals surface area contributed by atoms with E-state index in [4.69, 9.17) is 4.74 Å². The number of carbonyl (C=O) groups excluding carboxylic acids is 3. The van der Waals surface area contributed by atoms with E-state index < -0.39 is 24.2 Å². The van der Waals surface area contributed by atoms with Gasteiger partial charge in [0, 0.05) is 26.6 Å². The highest BCUT2D eigenvalue weighted by molar-refractivity contribution is 5.91. The third kappa shape index (κ3) is 6.45. The zero-order valence-corrected chi connectivity index (χ0v) is 21.3. The van der Waals surface area contributed by atoms with Gasteiger partial charge in [0.25, 0.3) is 0 Å². The van der Waals surface area contributed by atoms with Crippen LogP contribution in [0.4, 0.5) is 4.79 Å². The Morgan fingerprint density at radius 2 is 1.86 bits per heavy atom. The summed E-state index contributed by atoms with van der Waals surface area (Å²) in [7, 11) is 3.25. The minimum atomic E-state index is -1.03. The molecule has 0 bridgehead atoms. The molecule has 198 valence electrons. The van der Waals surface area contributed by atoms with Crippen LogP contribution in [-0.4, -0.2) is 94.7 Å². The number of hydrazine groups is 1. The molecule has 0 spiro atoms. The number of aliphatic carboxylic acids is 1. The lowest BCUT2D eigenvalue weighted by molar-refractivity contribution is -0.187. The first kappa shape index (κ1) is 27.3. The number of amides is 4. The molecule has 0 unspecified atom stereocenters. The Balaban J connectivity index is 1.80. The second kappa shape index (κ2) is 12.6. The van der Waals surface area contributed by atoms with E-state index in [1.165, 1.54) is 9.91 Å². The number of carboxylic acid groups (broad SMARTS) is 1. The molecule has 0 saturated carbocycles. The average molecular weight is 504 g/mol. The number of rotatable bonds is 11. The largest absolute Gasteiger partial charge is 0.497 e. The van der Waals surface area contributed by atoms with Crippen molar-refractivity contribution in [2.45, 2.75) is 64.2 Å². The quantitative estimate of drug-likeness (QED) is 0.442. The van der Waals surface area contributed by atoms with Gasteiger partial charge in [-0.25, -0.2) is 14.8 Å². The topological polar surface area (TPSA) is 123 Å². The van der Waals surface area contributed by atoms with Gasteiger partial charge in [-0.3, -0.25) is 14.4 Å². The van der Waals surface area contributed by atoms with Crippen LogP contribution in [0.25, 0.3) is 0 Å². The summed E-state index contributed by atoms with van der Waals surface area (Å²) < 4.78 is 5.17. The number of hydrogen-bond acceptors (Lipinski definition) is 6. The monoisotopic (exact) mass is 503 g/mol.